The molecule has 0 bridgehead atoms. The number of amides is 1. The summed E-state index contributed by atoms with van der Waals surface area (Å²) < 4.78 is 36.9. The van der Waals surface area contributed by atoms with Crippen LogP contribution >= 0.6 is 0 Å². The maximum absolute atomic E-state index is 11.3. The Morgan fingerprint density at radius 2 is 1.53 bits per heavy atom. The number of carbonyl (C=O) groups is 1. The Hall–Kier alpha value is -1.75. The van der Waals surface area contributed by atoms with E-state index in [1.807, 2.05) is 45.9 Å². The van der Waals surface area contributed by atoms with E-state index in [4.69, 9.17) is 33.7 Å². The highest BCUT2D eigenvalue weighted by atomic mass is 28.4. The zero-order valence-electron chi connectivity index (χ0n) is 25.8. The van der Waals surface area contributed by atoms with Gasteiger partial charge in [0.25, 0.3) is 0 Å². The van der Waals surface area contributed by atoms with Gasteiger partial charge in [0.15, 0.2) is 8.32 Å². The van der Waals surface area contributed by atoms with E-state index in [2.05, 4.69) is 54.6 Å². The number of carbonyl (C=O) groups excluding carboxylic acids is 1. The van der Waals surface area contributed by atoms with Gasteiger partial charge in [-0.3, -0.25) is 0 Å². The van der Waals surface area contributed by atoms with Crippen molar-refractivity contribution in [3.05, 3.63) is 18.2 Å². The minimum absolute atomic E-state index is 0.0158. The molecule has 0 radical (unpaired) electrons. The van der Waals surface area contributed by atoms with Crippen LogP contribution in [0.3, 0.4) is 0 Å². The molecule has 1 saturated heterocycles. The summed E-state index contributed by atoms with van der Waals surface area (Å²) in [4.78, 5) is 11.3. The minimum Gasteiger partial charge on any atom is -0.497 e. The lowest BCUT2D eigenvalue weighted by molar-refractivity contribution is -0.0303. The van der Waals surface area contributed by atoms with Gasteiger partial charge in [0.1, 0.15) is 17.6 Å². The molecule has 0 aliphatic carbocycles. The Labute approximate surface area is 231 Å². The molecule has 0 spiro atoms. The Kier molecular flexibility index (Phi) is 9.73. The van der Waals surface area contributed by atoms with E-state index < -0.39 is 32.7 Å². The van der Waals surface area contributed by atoms with Crippen molar-refractivity contribution in [1.29, 1.82) is 0 Å². The van der Waals surface area contributed by atoms with E-state index in [0.29, 0.717) is 17.9 Å². The summed E-state index contributed by atoms with van der Waals surface area (Å²) in [5.41, 5.74) is 4.79. The van der Waals surface area contributed by atoms with Gasteiger partial charge in [0.2, 0.25) is 0 Å². The van der Waals surface area contributed by atoms with Gasteiger partial charge in [0.05, 0.1) is 31.0 Å². The second-order valence-corrected chi connectivity index (χ2v) is 18.6. The molecule has 1 aliphatic rings. The predicted octanol–water partition coefficient (Wildman–Crippen LogP) is 5.66. The highest BCUT2D eigenvalue weighted by Gasteiger charge is 2.52. The minimum atomic E-state index is -2.20. The molecule has 1 aliphatic heterocycles. The summed E-state index contributed by atoms with van der Waals surface area (Å²) in [6, 6.07) is 5.70. The Morgan fingerprint density at radius 1 is 1.00 bits per heavy atom. The summed E-state index contributed by atoms with van der Waals surface area (Å²) in [5, 5.41) is -0.0158. The van der Waals surface area contributed by atoms with Gasteiger partial charge in [-0.05, 0) is 63.4 Å². The highest BCUT2D eigenvalue weighted by molar-refractivity contribution is 6.74. The van der Waals surface area contributed by atoms with Crippen molar-refractivity contribution in [1.82, 2.24) is 0 Å². The molecule has 1 heterocycles. The van der Waals surface area contributed by atoms with Gasteiger partial charge < -0.3 is 33.7 Å². The zero-order valence-corrected chi connectivity index (χ0v) is 26.8. The molecule has 216 valence electrons. The van der Waals surface area contributed by atoms with Crippen LogP contribution in [0.15, 0.2) is 18.2 Å². The lowest BCUT2D eigenvalue weighted by Gasteiger charge is -2.44. The molecule has 10 heteroatoms. The first-order valence-electron chi connectivity index (χ1n) is 13.4. The fourth-order valence-corrected chi connectivity index (χ4v) is 5.31. The highest BCUT2D eigenvalue weighted by Crippen LogP contribution is 2.41. The number of benzene rings is 1. The van der Waals surface area contributed by atoms with Crippen molar-refractivity contribution >= 4 is 27.0 Å². The van der Waals surface area contributed by atoms with Crippen LogP contribution in [0, 0.1) is 5.41 Å². The third kappa shape index (κ3) is 7.90. The first kappa shape index (κ1) is 32.5. The summed E-state index contributed by atoms with van der Waals surface area (Å²) in [6.45, 7) is 25.6. The van der Waals surface area contributed by atoms with Gasteiger partial charge in [-0.25, -0.2) is 4.79 Å². The fourth-order valence-electron chi connectivity index (χ4n) is 3.95. The van der Waals surface area contributed by atoms with Crippen LogP contribution in [0.1, 0.15) is 75.7 Å². The van der Waals surface area contributed by atoms with Crippen LogP contribution < -0.4 is 20.7 Å². The third-order valence-electron chi connectivity index (χ3n) is 8.02. The SMILES string of the molecule is COc1cc(OC(C(CCOC(N)=O)O[Si](C)(C)C(C)(C)C)C(C)(C)C)cc(B2OC(C)(C)C(C)(C)O2)c1. The van der Waals surface area contributed by atoms with Gasteiger partial charge in [-0.1, -0.05) is 41.5 Å². The molecule has 1 aromatic rings. The van der Waals surface area contributed by atoms with Crippen molar-refractivity contribution in [2.24, 2.45) is 11.1 Å². The van der Waals surface area contributed by atoms with E-state index in [1.165, 1.54) is 0 Å². The normalized spacial score (nSPS) is 19.1. The average molecular weight is 552 g/mol. The Morgan fingerprint density at radius 3 is 1.97 bits per heavy atom. The van der Waals surface area contributed by atoms with Crippen LogP contribution in [0.5, 0.6) is 11.5 Å². The molecule has 0 saturated carbocycles. The van der Waals surface area contributed by atoms with Crippen molar-refractivity contribution < 1.29 is 32.7 Å². The first-order valence-corrected chi connectivity index (χ1v) is 16.3. The molecule has 1 aromatic carbocycles. The van der Waals surface area contributed by atoms with E-state index in [9.17, 15) is 4.79 Å². The summed E-state index contributed by atoms with van der Waals surface area (Å²) in [5.74, 6) is 1.26. The van der Waals surface area contributed by atoms with Gasteiger partial charge in [0, 0.05) is 17.9 Å². The lowest BCUT2D eigenvalue weighted by atomic mass is 9.79. The molecule has 38 heavy (non-hydrogen) atoms. The lowest BCUT2D eigenvalue weighted by Crippen LogP contribution is -2.52. The molecule has 2 rings (SSSR count). The van der Waals surface area contributed by atoms with Crippen LogP contribution in [0.4, 0.5) is 4.79 Å². The smallest absolute Gasteiger partial charge is 0.495 e. The second-order valence-electron chi connectivity index (χ2n) is 13.8. The van der Waals surface area contributed by atoms with E-state index >= 15 is 0 Å². The van der Waals surface area contributed by atoms with Gasteiger partial charge in [-0.2, -0.15) is 0 Å². The molecule has 1 fully saturated rings. The number of hydrogen-bond donors (Lipinski definition) is 1. The molecule has 0 aromatic heterocycles. The van der Waals surface area contributed by atoms with Crippen molar-refractivity contribution in [3.8, 4) is 11.5 Å². The predicted molar refractivity (Wildman–Crippen MR) is 155 cm³/mol. The van der Waals surface area contributed by atoms with E-state index in [0.717, 1.165) is 5.46 Å². The Bertz CT molecular complexity index is 953. The average Bonchev–Trinajstić information content (AvgIpc) is 2.96. The van der Waals surface area contributed by atoms with Gasteiger partial charge in [-0.15, -0.1) is 0 Å². The number of ether oxygens (including phenoxy) is 3. The molecule has 1 amide bonds. The van der Waals surface area contributed by atoms with Gasteiger partial charge >= 0.3 is 13.2 Å². The summed E-state index contributed by atoms with van der Waals surface area (Å²) >= 11 is 0. The third-order valence-corrected chi connectivity index (χ3v) is 12.5. The molecule has 8 nitrogen and oxygen atoms in total. The quantitative estimate of drug-likeness (QED) is 0.375. The maximum Gasteiger partial charge on any atom is 0.495 e. The standard InChI is InChI=1S/C28H50BNO7Si/c1-25(2,3)23(22(14-15-33-24(30)31)35-38(12,13)26(4,5)6)34-21-17-19(16-20(18-21)32-11)29-36-27(7,8)28(9,10)37-29/h16-18,22-23H,14-15H2,1-13H3,(H2,30,31). The molecular formula is C28H50BNO7Si. The fraction of sp³-hybridized carbons (Fsp3) is 0.750. The van der Waals surface area contributed by atoms with Crippen molar-refractivity contribution in [2.45, 2.75) is 117 Å². The van der Waals surface area contributed by atoms with Crippen molar-refractivity contribution in [2.75, 3.05) is 13.7 Å². The number of hydrogen-bond acceptors (Lipinski definition) is 7. The number of primary amides is 1. The van der Waals surface area contributed by atoms with E-state index in [-0.39, 0.29) is 29.3 Å². The maximum atomic E-state index is 11.3. The van der Waals surface area contributed by atoms with Crippen LogP contribution in [-0.4, -0.2) is 58.7 Å². The number of nitrogens with two attached hydrogens (primary N) is 1. The number of rotatable bonds is 10. The zero-order chi connectivity index (χ0) is 29.3. The Balaban J connectivity index is 2.47. The van der Waals surface area contributed by atoms with Crippen molar-refractivity contribution in [3.63, 3.8) is 0 Å². The second kappa shape index (κ2) is 11.4. The monoisotopic (exact) mass is 551 g/mol. The topological polar surface area (TPSA) is 98.5 Å². The summed E-state index contributed by atoms with van der Waals surface area (Å²) in [7, 11) is -1.14. The number of methoxy groups -OCH3 is 1. The largest absolute Gasteiger partial charge is 0.497 e. The molecule has 2 unspecified atom stereocenters. The van der Waals surface area contributed by atoms with Crippen LogP contribution in [0.2, 0.25) is 18.1 Å². The first-order chi connectivity index (χ1) is 17.1. The molecule has 2 atom stereocenters. The van der Waals surface area contributed by atoms with Crippen LogP contribution in [-0.2, 0) is 18.5 Å². The van der Waals surface area contributed by atoms with E-state index in [1.54, 1.807) is 7.11 Å². The van der Waals surface area contributed by atoms with Crippen LogP contribution in [0.25, 0.3) is 0 Å². The summed E-state index contributed by atoms with van der Waals surface area (Å²) in [6.07, 6.45) is -1.07. The molecule has 2 N–H and O–H groups in total. The molecular weight excluding hydrogens is 501 g/mol.